The molecule has 0 radical (unpaired) electrons. The van der Waals surface area contributed by atoms with Crippen molar-refractivity contribution < 1.29 is 15.0 Å². The van der Waals surface area contributed by atoms with E-state index >= 15 is 0 Å². The SMILES string of the molecule is CCCCCCCCCCC/C=C\CCCCCCCCCC(=O)NC(CO)C(O)/C=C/CCCCCCCCCCCCC. The summed E-state index contributed by atoms with van der Waals surface area (Å²) in [5.74, 6) is -0.0685. The number of rotatable bonds is 36. The van der Waals surface area contributed by atoms with Gasteiger partial charge in [-0.1, -0.05) is 186 Å². The van der Waals surface area contributed by atoms with Gasteiger partial charge in [0.05, 0.1) is 18.8 Å². The van der Waals surface area contributed by atoms with E-state index in [9.17, 15) is 15.0 Å². The number of hydrogen-bond donors (Lipinski definition) is 3. The highest BCUT2D eigenvalue weighted by Gasteiger charge is 2.17. The summed E-state index contributed by atoms with van der Waals surface area (Å²) in [4.78, 5) is 12.3. The molecule has 0 aromatic carbocycles. The van der Waals surface area contributed by atoms with Crippen molar-refractivity contribution in [3.63, 3.8) is 0 Å². The van der Waals surface area contributed by atoms with E-state index in [0.717, 1.165) is 25.7 Å². The number of hydrogen-bond acceptors (Lipinski definition) is 3. The fourth-order valence-electron chi connectivity index (χ4n) is 6.05. The van der Waals surface area contributed by atoms with Gasteiger partial charge in [-0.2, -0.15) is 0 Å². The van der Waals surface area contributed by atoms with Crippen LogP contribution in [0, 0.1) is 0 Å². The highest BCUT2D eigenvalue weighted by atomic mass is 16.3. The quantitative estimate of drug-likeness (QED) is 0.0475. The summed E-state index contributed by atoms with van der Waals surface area (Å²) in [5.41, 5.74) is 0. The Hall–Kier alpha value is -1.13. The lowest BCUT2D eigenvalue weighted by atomic mass is 10.0. The topological polar surface area (TPSA) is 69.6 Å². The third-order valence-corrected chi connectivity index (χ3v) is 9.18. The van der Waals surface area contributed by atoms with Crippen molar-refractivity contribution in [2.24, 2.45) is 0 Å². The Bertz CT molecular complexity index is 647. The van der Waals surface area contributed by atoms with E-state index in [0.29, 0.717) is 6.42 Å². The van der Waals surface area contributed by atoms with Gasteiger partial charge >= 0.3 is 0 Å². The molecule has 2 atom stereocenters. The molecule has 0 saturated carbocycles. The Kier molecular flexibility index (Phi) is 36.4. The van der Waals surface area contributed by atoms with E-state index < -0.39 is 12.1 Å². The summed E-state index contributed by atoms with van der Waals surface area (Å²) < 4.78 is 0. The average molecular weight is 634 g/mol. The zero-order valence-corrected chi connectivity index (χ0v) is 30.4. The molecule has 0 aromatic rings. The van der Waals surface area contributed by atoms with Crippen LogP contribution in [-0.4, -0.2) is 34.9 Å². The molecule has 0 rings (SSSR count). The number of unbranched alkanes of at least 4 members (excludes halogenated alkanes) is 27. The Balaban J connectivity index is 3.58. The molecule has 0 spiro atoms. The minimum absolute atomic E-state index is 0.0685. The molecule has 0 aliphatic heterocycles. The molecule has 4 nitrogen and oxygen atoms in total. The van der Waals surface area contributed by atoms with Crippen LogP contribution in [0.5, 0.6) is 0 Å². The monoisotopic (exact) mass is 634 g/mol. The number of aliphatic hydroxyl groups is 2. The van der Waals surface area contributed by atoms with Gasteiger partial charge < -0.3 is 15.5 Å². The van der Waals surface area contributed by atoms with Gasteiger partial charge in [-0.25, -0.2) is 0 Å². The van der Waals surface area contributed by atoms with Crippen molar-refractivity contribution in [1.29, 1.82) is 0 Å². The van der Waals surface area contributed by atoms with E-state index in [4.69, 9.17) is 0 Å². The number of nitrogens with one attached hydrogen (secondary N) is 1. The molecular formula is C41H79NO3. The van der Waals surface area contributed by atoms with Crippen LogP contribution in [0.2, 0.25) is 0 Å². The second kappa shape index (κ2) is 37.3. The molecule has 0 heterocycles. The first-order valence-electron chi connectivity index (χ1n) is 20.1. The zero-order valence-electron chi connectivity index (χ0n) is 30.4. The predicted octanol–water partition coefficient (Wildman–Crippen LogP) is 12.1. The summed E-state index contributed by atoms with van der Waals surface area (Å²) in [5, 5.41) is 22.9. The molecule has 0 fully saturated rings. The maximum atomic E-state index is 12.3. The van der Waals surface area contributed by atoms with Gasteiger partial charge in [-0.05, 0) is 44.9 Å². The van der Waals surface area contributed by atoms with Crippen molar-refractivity contribution in [2.45, 2.75) is 225 Å². The molecule has 0 saturated heterocycles. The lowest BCUT2D eigenvalue weighted by molar-refractivity contribution is -0.123. The molecule has 0 aliphatic rings. The minimum atomic E-state index is -0.837. The largest absolute Gasteiger partial charge is 0.394 e. The van der Waals surface area contributed by atoms with Crippen LogP contribution < -0.4 is 5.32 Å². The molecule has 45 heavy (non-hydrogen) atoms. The Morgan fingerprint density at radius 2 is 0.844 bits per heavy atom. The van der Waals surface area contributed by atoms with Crippen LogP contribution in [0.25, 0.3) is 0 Å². The van der Waals surface area contributed by atoms with Gasteiger partial charge in [0, 0.05) is 6.42 Å². The Morgan fingerprint density at radius 1 is 0.511 bits per heavy atom. The first-order valence-corrected chi connectivity index (χ1v) is 20.1. The first kappa shape index (κ1) is 43.9. The van der Waals surface area contributed by atoms with Crippen LogP contribution in [0.15, 0.2) is 24.3 Å². The van der Waals surface area contributed by atoms with Gasteiger partial charge in [0.1, 0.15) is 0 Å². The van der Waals surface area contributed by atoms with Crippen molar-refractivity contribution in [2.75, 3.05) is 6.61 Å². The van der Waals surface area contributed by atoms with Crippen molar-refractivity contribution in [3.8, 4) is 0 Å². The van der Waals surface area contributed by atoms with Gasteiger partial charge in [0.15, 0.2) is 0 Å². The molecule has 266 valence electrons. The number of carbonyl (C=O) groups excluding carboxylic acids is 1. The molecule has 4 heteroatoms. The van der Waals surface area contributed by atoms with Gasteiger partial charge in [-0.15, -0.1) is 0 Å². The normalized spacial score (nSPS) is 13.2. The molecule has 0 bridgehead atoms. The predicted molar refractivity (Wildman–Crippen MR) is 198 cm³/mol. The lowest BCUT2D eigenvalue weighted by Gasteiger charge is -2.20. The zero-order chi connectivity index (χ0) is 32.9. The van der Waals surface area contributed by atoms with Gasteiger partial charge in [-0.3, -0.25) is 4.79 Å². The molecule has 1 amide bonds. The molecule has 0 aliphatic carbocycles. The fourth-order valence-corrected chi connectivity index (χ4v) is 6.05. The standard InChI is InChI=1S/C41H79NO3/c1-3-5-7-9-11-13-15-17-18-19-20-21-22-23-25-27-29-31-33-35-37-41(45)42-39(38-43)40(44)36-34-32-30-28-26-24-16-14-12-10-8-6-4-2/h20-21,34,36,39-40,43-44H,3-19,22-33,35,37-38H2,1-2H3,(H,42,45)/b21-20-,36-34+. The molecule has 3 N–H and O–H groups in total. The number of carbonyl (C=O) groups is 1. The first-order chi connectivity index (χ1) is 22.2. The van der Waals surface area contributed by atoms with E-state index in [2.05, 4.69) is 31.3 Å². The van der Waals surface area contributed by atoms with Crippen molar-refractivity contribution in [1.82, 2.24) is 5.32 Å². The van der Waals surface area contributed by atoms with Gasteiger partial charge in [0.2, 0.25) is 5.91 Å². The summed E-state index contributed by atoms with van der Waals surface area (Å²) in [6, 6.07) is -0.620. The second-order valence-electron chi connectivity index (χ2n) is 13.7. The van der Waals surface area contributed by atoms with E-state index in [1.54, 1.807) is 6.08 Å². The number of amides is 1. The van der Waals surface area contributed by atoms with Crippen LogP contribution in [0.3, 0.4) is 0 Å². The molecule has 2 unspecified atom stereocenters. The van der Waals surface area contributed by atoms with Crippen LogP contribution >= 0.6 is 0 Å². The Labute approximate surface area is 281 Å². The maximum absolute atomic E-state index is 12.3. The third kappa shape index (κ3) is 34.0. The lowest BCUT2D eigenvalue weighted by Crippen LogP contribution is -2.45. The summed E-state index contributed by atoms with van der Waals surface area (Å²) in [6.45, 7) is 4.30. The van der Waals surface area contributed by atoms with E-state index in [-0.39, 0.29) is 12.5 Å². The average Bonchev–Trinajstić information content (AvgIpc) is 3.04. The molecular weight excluding hydrogens is 554 g/mol. The molecule has 0 aromatic heterocycles. The summed E-state index contributed by atoms with van der Waals surface area (Å²) >= 11 is 0. The van der Waals surface area contributed by atoms with Crippen LogP contribution in [0.1, 0.15) is 213 Å². The van der Waals surface area contributed by atoms with Crippen molar-refractivity contribution >= 4 is 5.91 Å². The van der Waals surface area contributed by atoms with Crippen molar-refractivity contribution in [3.05, 3.63) is 24.3 Å². The smallest absolute Gasteiger partial charge is 0.220 e. The van der Waals surface area contributed by atoms with E-state index in [1.807, 2.05) is 6.08 Å². The second-order valence-corrected chi connectivity index (χ2v) is 13.7. The maximum Gasteiger partial charge on any atom is 0.220 e. The van der Waals surface area contributed by atoms with Crippen LogP contribution in [0.4, 0.5) is 0 Å². The number of allylic oxidation sites excluding steroid dienone is 3. The summed E-state index contributed by atoms with van der Waals surface area (Å²) in [7, 11) is 0. The minimum Gasteiger partial charge on any atom is -0.394 e. The number of aliphatic hydroxyl groups excluding tert-OH is 2. The van der Waals surface area contributed by atoms with Crippen LogP contribution in [-0.2, 0) is 4.79 Å². The highest BCUT2D eigenvalue weighted by molar-refractivity contribution is 5.76. The Morgan fingerprint density at radius 3 is 1.22 bits per heavy atom. The summed E-state index contributed by atoms with van der Waals surface area (Å²) in [6.07, 6.45) is 47.0. The fraction of sp³-hybridized carbons (Fsp3) is 0.878. The van der Waals surface area contributed by atoms with E-state index in [1.165, 1.54) is 167 Å². The highest BCUT2D eigenvalue weighted by Crippen LogP contribution is 2.14. The third-order valence-electron chi connectivity index (χ3n) is 9.18. The van der Waals surface area contributed by atoms with Gasteiger partial charge in [0.25, 0.3) is 0 Å².